The molecule has 0 spiro atoms. The molecule has 0 saturated carbocycles. The predicted octanol–water partition coefficient (Wildman–Crippen LogP) is 1.78. The van der Waals surface area contributed by atoms with Gasteiger partial charge in [0.25, 0.3) is 0 Å². The molecule has 0 aromatic carbocycles. The van der Waals surface area contributed by atoms with Crippen LogP contribution in [0, 0.1) is 0 Å². The molecule has 5 heteroatoms. The summed E-state index contributed by atoms with van der Waals surface area (Å²) >= 11 is 0. The highest BCUT2D eigenvalue weighted by atomic mass is 32.2. The second-order valence-corrected chi connectivity index (χ2v) is 6.48. The van der Waals surface area contributed by atoms with Crippen molar-refractivity contribution in [2.24, 2.45) is 12.2 Å². The summed E-state index contributed by atoms with van der Waals surface area (Å²) in [6, 6.07) is 0. The van der Waals surface area contributed by atoms with Crippen LogP contribution in [0.4, 0.5) is 0 Å². The van der Waals surface area contributed by atoms with Crippen LogP contribution in [-0.2, 0) is 24.5 Å². The smallest absolute Gasteiger partial charge is 0.0945 e. The van der Waals surface area contributed by atoms with Crippen molar-refractivity contribution in [2.45, 2.75) is 45.3 Å². The van der Waals surface area contributed by atoms with E-state index < -0.39 is 11.0 Å². The predicted molar refractivity (Wildman–Crippen MR) is 69.3 cm³/mol. The molecule has 1 heterocycles. The first kappa shape index (κ1) is 15.3. The van der Waals surface area contributed by atoms with Crippen LogP contribution in [0.15, 0.2) is 12.5 Å². The van der Waals surface area contributed by atoms with Gasteiger partial charge >= 0.3 is 0 Å². The van der Waals surface area contributed by atoms with E-state index in [4.69, 9.17) is 5.14 Å². The van der Waals surface area contributed by atoms with E-state index in [9.17, 15) is 4.21 Å². The van der Waals surface area contributed by atoms with E-state index in [1.54, 1.807) is 0 Å². The number of nitrogens with two attached hydrogens (primary N) is 1. The van der Waals surface area contributed by atoms with Crippen LogP contribution >= 0.6 is 0 Å². The van der Waals surface area contributed by atoms with Crippen molar-refractivity contribution < 1.29 is 4.21 Å². The minimum Gasteiger partial charge on any atom is -0.338 e. The highest BCUT2D eigenvalue weighted by Gasteiger charge is 2.14. The Morgan fingerprint density at radius 1 is 1.50 bits per heavy atom. The molecule has 16 heavy (non-hydrogen) atoms. The van der Waals surface area contributed by atoms with E-state index in [-0.39, 0.29) is 4.75 Å². The van der Waals surface area contributed by atoms with Crippen molar-refractivity contribution in [3.63, 3.8) is 0 Å². The van der Waals surface area contributed by atoms with E-state index in [1.807, 2.05) is 40.3 Å². The molecule has 1 aromatic rings. The van der Waals surface area contributed by atoms with Crippen LogP contribution in [0.25, 0.3) is 0 Å². The summed E-state index contributed by atoms with van der Waals surface area (Å²) in [4.78, 5) is 4.00. The summed E-state index contributed by atoms with van der Waals surface area (Å²) in [5.74, 6) is 0. The van der Waals surface area contributed by atoms with Gasteiger partial charge in [0.15, 0.2) is 0 Å². The molecular weight excluding hydrogens is 222 g/mol. The van der Waals surface area contributed by atoms with Crippen molar-refractivity contribution in [1.29, 1.82) is 0 Å². The first-order valence-corrected chi connectivity index (χ1v) is 6.61. The van der Waals surface area contributed by atoms with Gasteiger partial charge in [0.05, 0.1) is 22.1 Å². The summed E-state index contributed by atoms with van der Waals surface area (Å²) in [5.41, 5.74) is 1.32. The highest BCUT2D eigenvalue weighted by molar-refractivity contribution is 7.84. The molecule has 4 nitrogen and oxygen atoms in total. The Morgan fingerprint density at radius 2 is 2.00 bits per heavy atom. The van der Waals surface area contributed by atoms with E-state index >= 15 is 0 Å². The lowest BCUT2D eigenvalue weighted by molar-refractivity contribution is 0.650. The Labute approximate surface area is 101 Å². The maximum Gasteiger partial charge on any atom is 0.0945 e. The Morgan fingerprint density at radius 3 is 2.25 bits per heavy atom. The third kappa shape index (κ3) is 6.02. The quantitative estimate of drug-likeness (QED) is 0.863. The fourth-order valence-corrected chi connectivity index (χ4v) is 0.882. The maximum atomic E-state index is 10.4. The molecule has 94 valence electrons. The molecule has 0 radical (unpaired) electrons. The lowest BCUT2D eigenvalue weighted by Crippen LogP contribution is -2.27. The molecule has 0 saturated heterocycles. The largest absolute Gasteiger partial charge is 0.338 e. The van der Waals surface area contributed by atoms with Crippen LogP contribution in [0.2, 0.25) is 0 Å². The lowest BCUT2D eigenvalue weighted by atomic mass is 10.3. The molecule has 1 atom stereocenters. The van der Waals surface area contributed by atoms with Gasteiger partial charge in [-0.05, 0) is 27.2 Å². The fourth-order valence-electron chi connectivity index (χ4n) is 0.882. The molecule has 0 amide bonds. The average molecular weight is 245 g/mol. The minimum absolute atomic E-state index is 0.250. The van der Waals surface area contributed by atoms with E-state index in [0.717, 1.165) is 6.42 Å². The van der Waals surface area contributed by atoms with Gasteiger partial charge in [0.2, 0.25) is 0 Å². The zero-order valence-corrected chi connectivity index (χ0v) is 11.7. The third-order valence-corrected chi connectivity index (χ3v) is 3.23. The summed E-state index contributed by atoms with van der Waals surface area (Å²) in [6.45, 7) is 7.68. The standard InChI is InChI=1S/C7H12N2.C4H11NOS/c1-3-4-7-5-8-6-9(7)2;1-4(2,3)7(5)6/h5-6H,3-4H2,1-2H3;5H2,1-3H3. The zero-order chi connectivity index (χ0) is 12.8. The number of aryl methyl sites for hydroxylation is 2. The number of imidazole rings is 1. The molecular formula is C11H23N3OS. The Balaban J connectivity index is 0.000000293. The van der Waals surface area contributed by atoms with Gasteiger partial charge < -0.3 is 4.57 Å². The Hall–Kier alpha value is -0.680. The number of hydrogen-bond donors (Lipinski definition) is 1. The van der Waals surface area contributed by atoms with Gasteiger partial charge in [-0.25, -0.2) is 9.19 Å². The Bertz CT molecular complexity index is 328. The first-order chi connectivity index (χ1) is 7.29. The number of hydrogen-bond acceptors (Lipinski definition) is 2. The molecule has 0 aliphatic carbocycles. The van der Waals surface area contributed by atoms with Gasteiger partial charge in [0, 0.05) is 18.9 Å². The SMILES string of the molecule is CC(C)(C)S(N)=O.CCCc1cncn1C. The van der Waals surface area contributed by atoms with Gasteiger partial charge in [0.1, 0.15) is 0 Å². The first-order valence-electron chi connectivity index (χ1n) is 5.40. The monoisotopic (exact) mass is 245 g/mol. The molecule has 0 fully saturated rings. The molecule has 0 aliphatic rings. The van der Waals surface area contributed by atoms with Crippen LogP contribution in [0.3, 0.4) is 0 Å². The number of rotatable bonds is 2. The minimum atomic E-state index is -1.18. The second kappa shape index (κ2) is 6.81. The normalized spacial score (nSPS) is 12.9. The van der Waals surface area contributed by atoms with Crippen molar-refractivity contribution >= 4 is 11.0 Å². The van der Waals surface area contributed by atoms with Gasteiger partial charge in [-0.15, -0.1) is 0 Å². The van der Waals surface area contributed by atoms with Crippen molar-refractivity contribution in [3.8, 4) is 0 Å². The van der Waals surface area contributed by atoms with Gasteiger partial charge in [-0.2, -0.15) is 0 Å². The van der Waals surface area contributed by atoms with E-state index in [2.05, 4.69) is 16.5 Å². The highest BCUT2D eigenvalue weighted by Crippen LogP contribution is 2.04. The third-order valence-electron chi connectivity index (χ3n) is 2.03. The molecule has 2 N–H and O–H groups in total. The fraction of sp³-hybridized carbons (Fsp3) is 0.727. The summed E-state index contributed by atoms with van der Waals surface area (Å²) in [5, 5.41) is 5.04. The molecule has 1 aromatic heterocycles. The summed E-state index contributed by atoms with van der Waals surface area (Å²) in [6.07, 6.45) is 6.09. The molecule has 1 unspecified atom stereocenters. The van der Waals surface area contributed by atoms with Crippen LogP contribution in [-0.4, -0.2) is 18.5 Å². The average Bonchev–Trinajstić information content (AvgIpc) is 2.52. The molecule has 0 aliphatic heterocycles. The second-order valence-electron chi connectivity index (χ2n) is 4.66. The number of aromatic nitrogens is 2. The van der Waals surface area contributed by atoms with E-state index in [0.29, 0.717) is 0 Å². The summed E-state index contributed by atoms with van der Waals surface area (Å²) in [7, 11) is 0.843. The number of nitrogens with zero attached hydrogens (tertiary/aromatic N) is 2. The molecule has 0 bridgehead atoms. The van der Waals surface area contributed by atoms with Gasteiger partial charge in [-0.1, -0.05) is 13.3 Å². The topological polar surface area (TPSA) is 60.9 Å². The zero-order valence-electron chi connectivity index (χ0n) is 10.9. The Kier molecular flexibility index (Phi) is 6.52. The maximum absolute atomic E-state index is 10.4. The van der Waals surface area contributed by atoms with Gasteiger partial charge in [-0.3, -0.25) is 5.14 Å². The summed E-state index contributed by atoms with van der Waals surface area (Å²) < 4.78 is 12.2. The van der Waals surface area contributed by atoms with Crippen LogP contribution < -0.4 is 5.14 Å². The van der Waals surface area contributed by atoms with Crippen molar-refractivity contribution in [3.05, 3.63) is 18.2 Å². The molecule has 1 rings (SSSR count). The van der Waals surface area contributed by atoms with Crippen molar-refractivity contribution in [1.82, 2.24) is 9.55 Å². The van der Waals surface area contributed by atoms with Crippen LogP contribution in [0.5, 0.6) is 0 Å². The van der Waals surface area contributed by atoms with Crippen molar-refractivity contribution in [2.75, 3.05) is 0 Å². The van der Waals surface area contributed by atoms with Crippen LogP contribution in [0.1, 0.15) is 39.8 Å². The lowest BCUT2D eigenvalue weighted by Gasteiger charge is -2.11. The van der Waals surface area contributed by atoms with E-state index in [1.165, 1.54) is 12.1 Å².